The van der Waals surface area contributed by atoms with Crippen LogP contribution < -0.4 is 11.1 Å². The lowest BCUT2D eigenvalue weighted by molar-refractivity contribution is -0.123. The van der Waals surface area contributed by atoms with E-state index in [9.17, 15) is 9.90 Å². The minimum atomic E-state index is -0.486. The fraction of sp³-hybridized carbons (Fsp3) is 0.500. The number of amides is 1. The fourth-order valence-corrected chi connectivity index (χ4v) is 1.81. The number of nitrogens with two attached hydrogens (primary N) is 1. The van der Waals surface area contributed by atoms with Gasteiger partial charge in [0.05, 0.1) is 18.7 Å². The molecule has 0 saturated carbocycles. The zero-order chi connectivity index (χ0) is 13.4. The summed E-state index contributed by atoms with van der Waals surface area (Å²) in [6.45, 7) is 1.90. The van der Waals surface area contributed by atoms with Crippen molar-refractivity contribution in [3.63, 3.8) is 0 Å². The van der Waals surface area contributed by atoms with Crippen LogP contribution in [0.3, 0.4) is 0 Å². The summed E-state index contributed by atoms with van der Waals surface area (Å²) in [6, 6.07) is 9.00. The first-order valence-electron chi connectivity index (χ1n) is 6.38. The number of rotatable bonds is 7. The molecule has 18 heavy (non-hydrogen) atoms. The number of nitrogens with one attached hydrogen (secondary N) is 1. The molecule has 4 N–H and O–H groups in total. The number of carbonyl (C=O) groups excluding carboxylic acids is 1. The average molecular weight is 250 g/mol. The van der Waals surface area contributed by atoms with Crippen LogP contribution in [0.5, 0.6) is 0 Å². The minimum absolute atomic E-state index is 0.0838. The van der Waals surface area contributed by atoms with E-state index in [0.717, 1.165) is 12.0 Å². The second-order valence-electron chi connectivity index (χ2n) is 4.47. The molecule has 0 bridgehead atoms. The maximum Gasteiger partial charge on any atom is 0.237 e. The van der Waals surface area contributed by atoms with Crippen LogP contribution in [0.15, 0.2) is 30.3 Å². The topological polar surface area (TPSA) is 75.4 Å². The van der Waals surface area contributed by atoms with Crippen molar-refractivity contribution in [2.24, 2.45) is 5.73 Å². The monoisotopic (exact) mass is 250 g/mol. The van der Waals surface area contributed by atoms with Crippen molar-refractivity contribution < 1.29 is 9.90 Å². The molecular weight excluding hydrogens is 228 g/mol. The summed E-state index contributed by atoms with van der Waals surface area (Å²) in [5.41, 5.74) is 6.81. The lowest BCUT2D eigenvalue weighted by Crippen LogP contribution is -2.47. The van der Waals surface area contributed by atoms with E-state index in [4.69, 9.17) is 5.73 Å². The van der Waals surface area contributed by atoms with Crippen molar-refractivity contribution in [1.82, 2.24) is 5.32 Å². The molecule has 1 rings (SSSR count). The van der Waals surface area contributed by atoms with Crippen molar-refractivity contribution in [2.75, 3.05) is 6.61 Å². The van der Waals surface area contributed by atoms with E-state index < -0.39 is 6.04 Å². The standard InChI is InChI=1S/C14H22N2O2/c1-2-6-13(15)14(18)16-12(10-17)9-11-7-4-3-5-8-11/h3-5,7-8,12-13,17H,2,6,9-10,15H2,1H3,(H,16,18)/t12-,13-/m1/s1. The van der Waals surface area contributed by atoms with Gasteiger partial charge in [0.2, 0.25) is 5.91 Å². The van der Waals surface area contributed by atoms with E-state index in [-0.39, 0.29) is 18.6 Å². The number of benzene rings is 1. The van der Waals surface area contributed by atoms with Crippen LogP contribution in [0.1, 0.15) is 25.3 Å². The van der Waals surface area contributed by atoms with Crippen molar-refractivity contribution in [3.05, 3.63) is 35.9 Å². The first-order valence-corrected chi connectivity index (χ1v) is 6.38. The third-order valence-corrected chi connectivity index (χ3v) is 2.83. The summed E-state index contributed by atoms with van der Waals surface area (Å²) >= 11 is 0. The Morgan fingerprint density at radius 3 is 2.61 bits per heavy atom. The molecule has 0 aliphatic rings. The molecule has 0 aliphatic carbocycles. The minimum Gasteiger partial charge on any atom is -0.394 e. The van der Waals surface area contributed by atoms with Crippen LogP contribution >= 0.6 is 0 Å². The van der Waals surface area contributed by atoms with Gasteiger partial charge in [-0.1, -0.05) is 43.7 Å². The summed E-state index contributed by atoms with van der Waals surface area (Å²) < 4.78 is 0. The van der Waals surface area contributed by atoms with E-state index in [1.807, 2.05) is 37.3 Å². The molecule has 0 spiro atoms. The Kier molecular flexibility index (Phi) is 6.39. The summed E-state index contributed by atoms with van der Waals surface area (Å²) in [5, 5.41) is 12.1. The van der Waals surface area contributed by atoms with Gasteiger partial charge in [0, 0.05) is 0 Å². The first kappa shape index (κ1) is 14.7. The molecule has 4 nitrogen and oxygen atoms in total. The van der Waals surface area contributed by atoms with Gasteiger partial charge in [-0.3, -0.25) is 4.79 Å². The number of hydrogen-bond acceptors (Lipinski definition) is 3. The van der Waals surface area contributed by atoms with Crippen LogP contribution in [0, 0.1) is 0 Å². The fourth-order valence-electron chi connectivity index (χ4n) is 1.81. The molecule has 0 aromatic heterocycles. The molecule has 100 valence electrons. The second-order valence-corrected chi connectivity index (χ2v) is 4.47. The molecule has 1 amide bonds. The normalized spacial score (nSPS) is 13.9. The summed E-state index contributed by atoms with van der Waals surface area (Å²) in [7, 11) is 0. The van der Waals surface area contributed by atoms with Gasteiger partial charge in [-0.15, -0.1) is 0 Å². The molecule has 1 aromatic carbocycles. The van der Waals surface area contributed by atoms with Crippen LogP contribution in [0.2, 0.25) is 0 Å². The lowest BCUT2D eigenvalue weighted by Gasteiger charge is -2.19. The lowest BCUT2D eigenvalue weighted by atomic mass is 10.1. The molecule has 4 heteroatoms. The average Bonchev–Trinajstić information content (AvgIpc) is 2.39. The Balaban J connectivity index is 2.49. The zero-order valence-corrected chi connectivity index (χ0v) is 10.8. The van der Waals surface area contributed by atoms with E-state index >= 15 is 0 Å². The molecule has 1 aromatic rings. The maximum atomic E-state index is 11.7. The van der Waals surface area contributed by atoms with Gasteiger partial charge in [-0.25, -0.2) is 0 Å². The van der Waals surface area contributed by atoms with Gasteiger partial charge in [-0.2, -0.15) is 0 Å². The van der Waals surface area contributed by atoms with Crippen molar-refractivity contribution >= 4 is 5.91 Å². The first-order chi connectivity index (χ1) is 8.67. The van der Waals surface area contributed by atoms with Crippen LogP contribution in [0.25, 0.3) is 0 Å². The number of carbonyl (C=O) groups is 1. The third-order valence-electron chi connectivity index (χ3n) is 2.83. The quantitative estimate of drug-likeness (QED) is 0.671. The number of hydrogen-bond donors (Lipinski definition) is 3. The molecule has 0 saturated heterocycles. The highest BCUT2D eigenvalue weighted by molar-refractivity contribution is 5.81. The molecule has 0 aliphatic heterocycles. The Bertz CT molecular complexity index is 354. The molecule has 2 atom stereocenters. The van der Waals surface area contributed by atoms with Crippen molar-refractivity contribution in [3.8, 4) is 0 Å². The van der Waals surface area contributed by atoms with Crippen molar-refractivity contribution in [1.29, 1.82) is 0 Å². The molecule has 0 unspecified atom stereocenters. The van der Waals surface area contributed by atoms with E-state index in [0.29, 0.717) is 12.8 Å². The zero-order valence-electron chi connectivity index (χ0n) is 10.8. The van der Waals surface area contributed by atoms with Gasteiger partial charge in [-0.05, 0) is 18.4 Å². The number of aliphatic hydroxyl groups excluding tert-OH is 1. The van der Waals surface area contributed by atoms with Crippen LogP contribution in [-0.4, -0.2) is 29.7 Å². The predicted octanol–water partition coefficient (Wildman–Crippen LogP) is 0.834. The highest BCUT2D eigenvalue weighted by Crippen LogP contribution is 2.03. The molecule has 0 radical (unpaired) electrons. The Morgan fingerprint density at radius 2 is 2.06 bits per heavy atom. The second kappa shape index (κ2) is 7.84. The highest BCUT2D eigenvalue weighted by Gasteiger charge is 2.17. The van der Waals surface area contributed by atoms with E-state index in [1.54, 1.807) is 0 Å². The van der Waals surface area contributed by atoms with Gasteiger partial charge in [0.25, 0.3) is 0 Å². The maximum absolute atomic E-state index is 11.7. The predicted molar refractivity (Wildman–Crippen MR) is 72.0 cm³/mol. The Hall–Kier alpha value is -1.39. The van der Waals surface area contributed by atoms with E-state index in [2.05, 4.69) is 5.32 Å². The van der Waals surface area contributed by atoms with Crippen LogP contribution in [0.4, 0.5) is 0 Å². The summed E-state index contributed by atoms with van der Waals surface area (Å²) in [4.78, 5) is 11.7. The van der Waals surface area contributed by atoms with Gasteiger partial charge in [0.1, 0.15) is 0 Å². The summed E-state index contributed by atoms with van der Waals surface area (Å²) in [5.74, 6) is -0.188. The van der Waals surface area contributed by atoms with Gasteiger partial charge in [0.15, 0.2) is 0 Å². The highest BCUT2D eigenvalue weighted by atomic mass is 16.3. The van der Waals surface area contributed by atoms with Gasteiger partial charge < -0.3 is 16.2 Å². The van der Waals surface area contributed by atoms with E-state index in [1.165, 1.54) is 0 Å². The number of aliphatic hydroxyl groups is 1. The molecular formula is C14H22N2O2. The van der Waals surface area contributed by atoms with Gasteiger partial charge >= 0.3 is 0 Å². The largest absolute Gasteiger partial charge is 0.394 e. The Morgan fingerprint density at radius 1 is 1.39 bits per heavy atom. The Labute approximate surface area is 108 Å². The smallest absolute Gasteiger partial charge is 0.237 e. The summed E-state index contributed by atoms with van der Waals surface area (Å²) in [6.07, 6.45) is 2.15. The molecule has 0 fully saturated rings. The molecule has 0 heterocycles. The van der Waals surface area contributed by atoms with Crippen LogP contribution in [-0.2, 0) is 11.2 Å². The van der Waals surface area contributed by atoms with Crippen molar-refractivity contribution in [2.45, 2.75) is 38.3 Å². The third kappa shape index (κ3) is 4.85. The SMILES string of the molecule is CCC[C@@H](N)C(=O)N[C@@H](CO)Cc1ccccc1.